The summed E-state index contributed by atoms with van der Waals surface area (Å²) in [7, 11) is 0. The highest BCUT2D eigenvalue weighted by atomic mass is 16.6. The third-order valence-electron chi connectivity index (χ3n) is 7.97. The summed E-state index contributed by atoms with van der Waals surface area (Å²) >= 11 is 0. The molecule has 1 aromatic heterocycles. The smallest absolute Gasteiger partial charge is 0.408 e. The van der Waals surface area contributed by atoms with Gasteiger partial charge in [0.25, 0.3) is 0 Å². The number of aliphatic hydroxyl groups excluding tert-OH is 1. The van der Waals surface area contributed by atoms with Crippen molar-refractivity contribution in [1.82, 2.24) is 15.6 Å². The Hall–Kier alpha value is -4.37. The van der Waals surface area contributed by atoms with Crippen molar-refractivity contribution < 1.29 is 28.9 Å². The third-order valence-corrected chi connectivity index (χ3v) is 7.97. The summed E-state index contributed by atoms with van der Waals surface area (Å²) in [6.45, 7) is 13.8. The predicted molar refractivity (Wildman–Crippen MR) is 177 cm³/mol. The van der Waals surface area contributed by atoms with E-state index in [1.807, 2.05) is 66.7 Å². The van der Waals surface area contributed by atoms with Gasteiger partial charge in [-0.05, 0) is 92.8 Å². The third kappa shape index (κ3) is 9.81. The summed E-state index contributed by atoms with van der Waals surface area (Å²) in [6.07, 6.45) is 2.46. The van der Waals surface area contributed by atoms with Crippen LogP contribution in [0.1, 0.15) is 75.8 Å². The van der Waals surface area contributed by atoms with Gasteiger partial charge in [0.2, 0.25) is 0 Å². The van der Waals surface area contributed by atoms with Gasteiger partial charge >= 0.3 is 12.2 Å². The highest BCUT2D eigenvalue weighted by molar-refractivity contribution is 5.70. The molecule has 1 fully saturated rings. The lowest BCUT2D eigenvalue weighted by molar-refractivity contribution is 0.0403. The molecule has 1 aliphatic carbocycles. The summed E-state index contributed by atoms with van der Waals surface area (Å²) in [5, 5.41) is 17.7. The van der Waals surface area contributed by atoms with Crippen LogP contribution >= 0.6 is 0 Å². The topological polar surface area (TPSA) is 119 Å². The Bertz CT molecular complexity index is 1470. The van der Waals surface area contributed by atoms with Gasteiger partial charge in [-0.15, -0.1) is 0 Å². The molecule has 9 nitrogen and oxygen atoms in total. The normalized spacial score (nSPS) is 18.6. The summed E-state index contributed by atoms with van der Waals surface area (Å²) in [5.74, 6) is 0.769. The van der Waals surface area contributed by atoms with Crippen molar-refractivity contribution in [2.45, 2.75) is 89.7 Å². The van der Waals surface area contributed by atoms with Crippen LogP contribution in [0.4, 0.5) is 9.59 Å². The number of aliphatic hydroxyl groups is 1. The number of nitrogens with one attached hydrogen (secondary N) is 2. The number of hydrogen-bond acceptors (Lipinski definition) is 7. The van der Waals surface area contributed by atoms with E-state index in [9.17, 15) is 14.7 Å². The first kappa shape index (κ1) is 34.5. The Morgan fingerprint density at radius 3 is 2.50 bits per heavy atom. The standard InChI is InChI=1S/C37H47N3O6/c1-7-18-44-30-15-11-14-27(19-30)20-31(39-34(42)46-36(4,5)6)32(41)22-29-23-37(29,33-21-28(25(2)3)16-17-38-33)40-35(43)45-24-26-12-9-8-10-13-26/h7-17,19,21,25,29,31-32,41H,1,18,20,22-24H2,2-6H3,(H,39,42)(H,40,43)/t29-,31-,32?,37?/m0/s1. The van der Waals surface area contributed by atoms with Crippen molar-refractivity contribution in [2.24, 2.45) is 5.92 Å². The Morgan fingerprint density at radius 1 is 1.07 bits per heavy atom. The zero-order valence-electron chi connectivity index (χ0n) is 27.5. The molecule has 2 aromatic carbocycles. The number of carbonyl (C=O) groups is 2. The van der Waals surface area contributed by atoms with Gasteiger partial charge in [0, 0.05) is 6.20 Å². The monoisotopic (exact) mass is 629 g/mol. The van der Waals surface area contributed by atoms with Crippen LogP contribution < -0.4 is 15.4 Å². The molecule has 0 radical (unpaired) electrons. The van der Waals surface area contributed by atoms with Crippen molar-refractivity contribution in [3.8, 4) is 5.75 Å². The summed E-state index contributed by atoms with van der Waals surface area (Å²) in [6, 6.07) is 20.3. The molecule has 1 heterocycles. The van der Waals surface area contributed by atoms with Crippen LogP contribution in [0.2, 0.25) is 0 Å². The van der Waals surface area contributed by atoms with Gasteiger partial charge in [-0.1, -0.05) is 69.0 Å². The fourth-order valence-corrected chi connectivity index (χ4v) is 5.51. The van der Waals surface area contributed by atoms with E-state index in [1.54, 1.807) is 33.0 Å². The van der Waals surface area contributed by atoms with E-state index >= 15 is 0 Å². The fraction of sp³-hybridized carbons (Fsp3) is 0.432. The highest BCUT2D eigenvalue weighted by Gasteiger charge is 2.58. The van der Waals surface area contributed by atoms with Crippen LogP contribution in [-0.2, 0) is 28.0 Å². The Morgan fingerprint density at radius 2 is 1.80 bits per heavy atom. The maximum absolute atomic E-state index is 13.1. The average molecular weight is 630 g/mol. The van der Waals surface area contributed by atoms with E-state index in [1.165, 1.54) is 0 Å². The minimum absolute atomic E-state index is 0.132. The summed E-state index contributed by atoms with van der Waals surface area (Å²) in [5.41, 5.74) is 2.03. The second kappa shape index (κ2) is 15.3. The number of amides is 2. The first-order valence-corrected chi connectivity index (χ1v) is 15.8. The molecule has 0 saturated heterocycles. The number of aromatic nitrogens is 1. The number of carbonyl (C=O) groups excluding carboxylic acids is 2. The molecule has 9 heteroatoms. The lowest BCUT2D eigenvalue weighted by atomic mass is 9.94. The maximum atomic E-state index is 13.1. The van der Waals surface area contributed by atoms with E-state index in [0.29, 0.717) is 31.6 Å². The van der Waals surface area contributed by atoms with Crippen LogP contribution in [-0.4, -0.2) is 46.6 Å². The van der Waals surface area contributed by atoms with Crippen LogP contribution in [0.15, 0.2) is 85.6 Å². The molecule has 246 valence electrons. The van der Waals surface area contributed by atoms with Gasteiger partial charge in [0.05, 0.1) is 23.4 Å². The Balaban J connectivity index is 1.55. The van der Waals surface area contributed by atoms with E-state index in [4.69, 9.17) is 14.2 Å². The van der Waals surface area contributed by atoms with Gasteiger partial charge in [-0.3, -0.25) is 4.98 Å². The van der Waals surface area contributed by atoms with E-state index < -0.39 is 35.5 Å². The molecule has 2 amide bonds. The van der Waals surface area contributed by atoms with Crippen molar-refractivity contribution in [1.29, 1.82) is 0 Å². The number of benzene rings is 2. The second-order valence-corrected chi connectivity index (χ2v) is 13.2. The largest absolute Gasteiger partial charge is 0.490 e. The van der Waals surface area contributed by atoms with Crippen molar-refractivity contribution in [3.63, 3.8) is 0 Å². The minimum Gasteiger partial charge on any atom is -0.490 e. The predicted octanol–water partition coefficient (Wildman–Crippen LogP) is 6.80. The molecule has 0 aliphatic heterocycles. The van der Waals surface area contributed by atoms with Crippen LogP contribution in [0.3, 0.4) is 0 Å². The molecule has 0 spiro atoms. The molecular weight excluding hydrogens is 582 g/mol. The van der Waals surface area contributed by atoms with Gasteiger partial charge in [0.1, 0.15) is 24.6 Å². The molecule has 4 rings (SSSR count). The zero-order chi connectivity index (χ0) is 33.3. The Kier molecular flexibility index (Phi) is 11.5. The van der Waals surface area contributed by atoms with Crippen molar-refractivity contribution >= 4 is 12.2 Å². The van der Waals surface area contributed by atoms with Crippen molar-refractivity contribution in [3.05, 3.63) is 108 Å². The number of ether oxygens (including phenoxy) is 3. The molecule has 3 aromatic rings. The van der Waals surface area contributed by atoms with Gasteiger partial charge in [-0.25, -0.2) is 9.59 Å². The van der Waals surface area contributed by atoms with Gasteiger partial charge in [0.15, 0.2) is 0 Å². The average Bonchev–Trinajstić information content (AvgIpc) is 3.70. The number of nitrogens with zero attached hydrogens (tertiary/aromatic N) is 1. The number of hydrogen-bond donors (Lipinski definition) is 3. The summed E-state index contributed by atoms with van der Waals surface area (Å²) in [4.78, 5) is 30.7. The molecule has 1 saturated carbocycles. The molecule has 0 bridgehead atoms. The summed E-state index contributed by atoms with van der Waals surface area (Å²) < 4.78 is 16.8. The second-order valence-electron chi connectivity index (χ2n) is 13.2. The fourth-order valence-electron chi connectivity index (χ4n) is 5.51. The zero-order valence-corrected chi connectivity index (χ0v) is 27.5. The minimum atomic E-state index is -0.965. The van der Waals surface area contributed by atoms with E-state index in [2.05, 4.69) is 36.0 Å². The quantitative estimate of drug-likeness (QED) is 0.168. The van der Waals surface area contributed by atoms with Crippen LogP contribution in [0.5, 0.6) is 5.75 Å². The number of alkyl carbamates (subject to hydrolysis) is 2. The molecule has 3 N–H and O–H groups in total. The number of pyridine rings is 1. The highest BCUT2D eigenvalue weighted by Crippen LogP contribution is 2.54. The molecule has 4 atom stereocenters. The van der Waals surface area contributed by atoms with Crippen LogP contribution in [0, 0.1) is 5.92 Å². The van der Waals surface area contributed by atoms with Gasteiger partial charge in [-0.2, -0.15) is 0 Å². The maximum Gasteiger partial charge on any atom is 0.408 e. The van der Waals surface area contributed by atoms with E-state index in [-0.39, 0.29) is 18.4 Å². The first-order chi connectivity index (χ1) is 21.9. The Labute approximate surface area is 272 Å². The SMILES string of the molecule is C=CCOc1cccc(C[C@H](NC(=O)OC(C)(C)C)C(O)C[C@H]2CC2(NC(=O)OCc2ccccc2)c2cc(C(C)C)ccn2)c1. The lowest BCUT2D eigenvalue weighted by Crippen LogP contribution is -2.47. The van der Waals surface area contributed by atoms with Crippen molar-refractivity contribution in [2.75, 3.05) is 6.61 Å². The molecule has 2 unspecified atom stereocenters. The van der Waals surface area contributed by atoms with Crippen LogP contribution in [0.25, 0.3) is 0 Å². The molecular formula is C37H47N3O6. The van der Waals surface area contributed by atoms with Gasteiger partial charge < -0.3 is 30.0 Å². The molecule has 46 heavy (non-hydrogen) atoms. The molecule has 1 aliphatic rings. The van der Waals surface area contributed by atoms with E-state index in [0.717, 1.165) is 22.4 Å². The first-order valence-electron chi connectivity index (χ1n) is 15.8. The lowest BCUT2D eigenvalue weighted by Gasteiger charge is -2.28. The number of rotatable bonds is 14.